The molecule has 2 aliphatic heterocycles. The Morgan fingerprint density at radius 3 is 1.58 bits per heavy atom. The second-order valence-electron chi connectivity index (χ2n) is 21.9. The van der Waals surface area contributed by atoms with Gasteiger partial charge in [0.25, 0.3) is 10.1 Å². The van der Waals surface area contributed by atoms with Crippen molar-refractivity contribution in [2.75, 3.05) is 132 Å². The number of anilines is 9. The highest BCUT2D eigenvalue weighted by Gasteiger charge is 2.24. The highest BCUT2D eigenvalue weighted by atomic mass is 79.9. The minimum absolute atomic E-state index is 0.0666. The van der Waals surface area contributed by atoms with Gasteiger partial charge in [0.15, 0.2) is 0 Å². The average Bonchev–Trinajstić information content (AvgIpc) is 1.58. The summed E-state index contributed by atoms with van der Waals surface area (Å²) in [5.41, 5.74) is 13.8. The van der Waals surface area contributed by atoms with E-state index in [0.717, 1.165) is 75.0 Å². The summed E-state index contributed by atoms with van der Waals surface area (Å²) in [7, 11) is -6.04. The Morgan fingerprint density at radius 1 is 0.680 bits per heavy atom. The summed E-state index contributed by atoms with van der Waals surface area (Å²) >= 11 is 15.8. The van der Waals surface area contributed by atoms with Gasteiger partial charge in [-0.25, -0.2) is 29.6 Å². The first-order chi connectivity index (χ1) is 46.3. The van der Waals surface area contributed by atoms with Crippen LogP contribution in [0.5, 0.6) is 11.5 Å². The van der Waals surface area contributed by atoms with Crippen LogP contribution in [0.3, 0.4) is 0 Å². The zero-order chi connectivity index (χ0) is 70.5. The van der Waals surface area contributed by atoms with Crippen LogP contribution in [0.4, 0.5) is 63.1 Å². The fraction of sp³-hybridized carbons (Fsp3) is 0.292. The number of ether oxygens (including phenoxy) is 4. The third-order valence-electron chi connectivity index (χ3n) is 14.1. The molecule has 32 heteroatoms. The molecule has 0 saturated carbocycles. The number of aliphatic hydroxyl groups excluding tert-OH is 1. The Morgan fingerprint density at radius 2 is 1.15 bits per heavy atom. The molecule has 0 atom stereocenters. The van der Waals surface area contributed by atoms with Gasteiger partial charge in [0.05, 0.1) is 90.4 Å². The van der Waals surface area contributed by atoms with Crippen LogP contribution in [0, 0.1) is 20.1 Å². The van der Waals surface area contributed by atoms with Gasteiger partial charge in [-0.15, -0.1) is 22.7 Å². The van der Waals surface area contributed by atoms with E-state index in [2.05, 4.69) is 104 Å². The average molecular weight is 1560 g/mol. The second kappa shape index (κ2) is 36.3. The Labute approximate surface area is 594 Å². The molecule has 11 rings (SSSR count). The van der Waals surface area contributed by atoms with Crippen molar-refractivity contribution in [1.29, 1.82) is 0 Å². The van der Waals surface area contributed by atoms with E-state index in [-0.39, 0.29) is 10.2 Å². The van der Waals surface area contributed by atoms with Crippen LogP contribution in [0.1, 0.15) is 25.3 Å². The van der Waals surface area contributed by atoms with Crippen molar-refractivity contribution in [3.63, 3.8) is 0 Å². The van der Waals surface area contributed by atoms with Gasteiger partial charge in [-0.2, -0.15) is 18.4 Å². The highest BCUT2D eigenvalue weighted by Crippen LogP contribution is 2.44. The third-order valence-corrected chi connectivity index (χ3v) is 21.0. The fourth-order valence-electron chi connectivity index (χ4n) is 9.23. The van der Waals surface area contributed by atoms with E-state index >= 15 is 0 Å². The van der Waals surface area contributed by atoms with Crippen molar-refractivity contribution in [2.45, 2.75) is 31.6 Å². The van der Waals surface area contributed by atoms with E-state index in [1.165, 1.54) is 23.5 Å². The largest absolute Gasteiger partial charge is 0.495 e. The van der Waals surface area contributed by atoms with Crippen LogP contribution in [0.15, 0.2) is 134 Å². The number of aliphatic hydroxyl groups is 1. The zero-order valence-corrected chi connectivity index (χ0v) is 62.5. The van der Waals surface area contributed by atoms with Crippen LogP contribution in [0.25, 0.3) is 30.8 Å². The number of nitrogens with two attached hydrogens (primary N) is 1. The number of hydrogen-bond donors (Lipinski definition) is 6. The molecule has 6 heterocycles. The lowest BCUT2D eigenvalue weighted by atomic mass is 10.2. The molecule has 0 radical (unpaired) electrons. The third kappa shape index (κ3) is 22.2. The maximum atomic E-state index is 13.3. The summed E-state index contributed by atoms with van der Waals surface area (Å²) in [4.78, 5) is 37.3. The first-order valence-corrected chi connectivity index (χ1v) is 40.1. The molecule has 2 fully saturated rings. The van der Waals surface area contributed by atoms with Crippen LogP contribution in [-0.2, 0) is 28.7 Å². The van der Waals surface area contributed by atoms with Crippen molar-refractivity contribution in [2.24, 2.45) is 0 Å². The highest BCUT2D eigenvalue weighted by molar-refractivity contribution is 9.11. The molecule has 2 aliphatic rings. The zero-order valence-electron chi connectivity index (χ0n) is 54.3. The predicted molar refractivity (Wildman–Crippen MR) is 400 cm³/mol. The lowest BCUT2D eigenvalue weighted by molar-refractivity contribution is 0.122. The van der Waals surface area contributed by atoms with Gasteiger partial charge in [-0.1, -0.05) is 31.0 Å². The summed E-state index contributed by atoms with van der Waals surface area (Å²) in [6.45, 7) is 31.7. The molecule has 9 aromatic rings. The summed E-state index contributed by atoms with van der Waals surface area (Å²) < 4.78 is 78.5. The van der Waals surface area contributed by atoms with Gasteiger partial charge < -0.3 is 64.7 Å². The van der Waals surface area contributed by atoms with Crippen molar-refractivity contribution >= 4 is 164 Å². The molecule has 4 aromatic heterocycles. The topological polar surface area (TPSA) is 300 Å². The van der Waals surface area contributed by atoms with E-state index in [9.17, 15) is 17.5 Å². The molecule has 97 heavy (non-hydrogen) atoms. The maximum Gasteiger partial charge on any atom is 0.294 e. The molecule has 24 nitrogen and oxygen atoms in total. The number of hydrogen-bond acceptors (Lipinski definition) is 23. The first-order valence-electron chi connectivity index (χ1n) is 29.7. The van der Waals surface area contributed by atoms with Gasteiger partial charge in [-0.05, 0) is 156 Å². The van der Waals surface area contributed by atoms with Crippen molar-refractivity contribution < 1.29 is 46.2 Å². The number of benzene rings is 5. The number of nitrogens with one attached hydrogen (secondary N) is 3. The Bertz CT molecular complexity index is 4420. The number of unbranched alkanes of at least 4 members (excludes halogenated alkanes) is 1. The van der Waals surface area contributed by atoms with Crippen LogP contribution in [-0.4, -0.2) is 148 Å². The number of aromatic nitrogens is 6. The molecule has 5 aromatic carbocycles. The minimum atomic E-state index is -4.02. The van der Waals surface area contributed by atoms with E-state index in [1.54, 1.807) is 101 Å². The Balaban J connectivity index is 0.000000196. The van der Waals surface area contributed by atoms with Crippen LogP contribution in [0.2, 0.25) is 5.28 Å². The van der Waals surface area contributed by atoms with Gasteiger partial charge in [-0.3, -0.25) is 4.55 Å². The number of methoxy groups -OCH3 is 2. The maximum absolute atomic E-state index is 13.3. The normalized spacial score (nSPS) is 12.9. The number of rotatable bonds is 17. The summed E-state index contributed by atoms with van der Waals surface area (Å²) in [5.74, 6) is 2.48. The molecular weight excluding hydrogens is 1490 g/mol. The number of halogens is 3. The minimum Gasteiger partial charge on any atom is -0.495 e. The molecule has 0 amide bonds. The molecule has 512 valence electrons. The summed E-state index contributed by atoms with van der Waals surface area (Å²) in [6, 6.07) is 24.6. The quantitative estimate of drug-likeness (QED) is 0.0162. The van der Waals surface area contributed by atoms with E-state index in [1.807, 2.05) is 66.2 Å². The van der Waals surface area contributed by atoms with Crippen molar-refractivity contribution in [3.05, 3.63) is 163 Å². The Hall–Kier alpha value is -7.60. The summed E-state index contributed by atoms with van der Waals surface area (Å²) in [6.07, 6.45) is 8.74. The van der Waals surface area contributed by atoms with Gasteiger partial charge in [0, 0.05) is 101 Å². The van der Waals surface area contributed by atoms with Crippen LogP contribution < -0.4 is 51.6 Å². The van der Waals surface area contributed by atoms with E-state index in [4.69, 9.17) is 59.1 Å². The van der Waals surface area contributed by atoms with E-state index in [0.29, 0.717) is 118 Å². The summed E-state index contributed by atoms with van der Waals surface area (Å²) in [5, 5.41) is 24.9. The molecule has 0 bridgehead atoms. The van der Waals surface area contributed by atoms with Gasteiger partial charge >= 0.3 is 0 Å². The predicted octanol–water partition coefficient (Wildman–Crippen LogP) is 15.2. The smallest absolute Gasteiger partial charge is 0.294 e. The standard InChI is InChI=1S/C27H27BrN7O3PS.C15H13BrClN4OPS.C12H15N3O2.C7H8O3S.C4H10O/c1-29-20-14-21(23(37-2)15-22(20)35-8-10-38-11-9-35)33-27-31-16-18(28)25(34-27)32-19-6-5-17(26-30-7-12-40-26)13-24(19)39(3,4)36;1-23(2,22)12-7-9(14-18-5-6-24-14)3-4-11(12)20-13-10(16)8-19-15(17)21-13;1-14-10-7-9(13)12(16-2)8-11(10)15-3-5-17-6-4-15;1-6-2-4-7(5-3-6)11(8,9)10;1-2-3-4-5/h5-7,12-16H,8-11H2,2-4H3,(H2,31,32,33,34);3-8H,1-2H3,(H,19,20,21);7-8H,3-6,13H2,2H3;2-5H,1H3,(H,8,9,10);5H,2-4H2,1H3. The first kappa shape index (κ1) is 76.8. The van der Waals surface area contributed by atoms with Crippen LogP contribution >= 0.6 is 80.4 Å². The second-order valence-corrected chi connectivity index (χ2v) is 33.5. The van der Waals surface area contributed by atoms with E-state index < -0.39 is 24.4 Å². The SMILES string of the molecule is CCCCO.CP(C)(=O)c1cc(-c2nccs2)ccc1Nc1nc(Cl)ncc1Br.Cc1ccc(S(=O)(=O)O)cc1.[C-]#[N+]c1cc(N)c(OC)cc1N1CCOCC1.[C-]#[N+]c1cc(Nc2ncc(Br)c(Nc3ccc(-c4nccs4)cc3P(C)(C)=O)n2)c(OC)cc1N1CCOCC1. The molecule has 0 spiro atoms. The van der Waals surface area contributed by atoms with Crippen molar-refractivity contribution in [3.8, 4) is 32.6 Å². The lowest BCUT2D eigenvalue weighted by Crippen LogP contribution is -2.36. The molecule has 7 N–H and O–H groups in total. The monoisotopic (exact) mass is 1560 g/mol. The Kier molecular flexibility index (Phi) is 28.7. The van der Waals surface area contributed by atoms with Gasteiger partial charge in [0.2, 0.25) is 22.6 Å². The number of morpholine rings is 2. The molecule has 0 aliphatic carbocycles. The number of aryl methyl sites for hydroxylation is 1. The lowest BCUT2D eigenvalue weighted by Gasteiger charge is -2.30. The van der Waals surface area contributed by atoms with Crippen molar-refractivity contribution in [1.82, 2.24) is 29.9 Å². The number of thiazole rings is 2. The fourth-order valence-corrected chi connectivity index (χ4v) is 14.0. The molecule has 0 unspecified atom stereocenters. The molecular formula is C65H73Br2ClN14O10P2S3. The molecule has 2 saturated heterocycles. The number of nitrogen functional groups attached to an aromatic ring is 1. The van der Waals surface area contributed by atoms with Gasteiger partial charge in [0.1, 0.15) is 47.4 Å². The number of nitrogens with zero attached hydrogens (tertiary/aromatic N) is 10.